The number of aliphatic hydroxyl groups excluding tert-OH is 2. The van der Waals surface area contributed by atoms with Gasteiger partial charge in [-0.1, -0.05) is 66.5 Å². The van der Waals surface area contributed by atoms with Crippen molar-refractivity contribution in [2.75, 3.05) is 73.2 Å². The first kappa shape index (κ1) is 45.4. The Kier molecular flexibility index (Phi) is 15.4. The number of nitrogens with zero attached hydrogens (tertiary/aromatic N) is 3. The van der Waals surface area contributed by atoms with E-state index >= 15 is 0 Å². The number of carbonyl (C=O) groups is 1. The van der Waals surface area contributed by atoms with Crippen LogP contribution < -0.4 is 18.9 Å². The molecule has 6 unspecified atom stereocenters. The fourth-order valence-electron chi connectivity index (χ4n) is 10.0. The topological polar surface area (TPSA) is 150 Å². The first-order valence-corrected chi connectivity index (χ1v) is 22.9. The van der Waals surface area contributed by atoms with Gasteiger partial charge in [0.2, 0.25) is 12.6 Å². The maximum absolute atomic E-state index is 14.9. The Bertz CT molecular complexity index is 2090. The molecule has 0 bridgehead atoms. The van der Waals surface area contributed by atoms with Gasteiger partial charge >= 0.3 is 6.09 Å². The lowest BCUT2D eigenvalue weighted by Crippen LogP contribution is -2.70. The van der Waals surface area contributed by atoms with Crippen molar-refractivity contribution in [1.29, 1.82) is 0 Å². The normalized spacial score (nSPS) is 24.5. The SMILES string of the molecule is C=CCOC12Oc3ccc(OCCN4CC4)cc3C3C(CCCCO)C(CCCCO)C=C(C(=NOC)CC1N(Cc1ccc4c(c1)OCO4)C(=O)OCCOCc1ccccc1)C32. The number of hydrogen-bond donors (Lipinski definition) is 2. The molecule has 3 heterocycles. The summed E-state index contributed by atoms with van der Waals surface area (Å²) < 4.78 is 44.4. The smallest absolute Gasteiger partial charge is 0.410 e. The van der Waals surface area contributed by atoms with Gasteiger partial charge in [-0.05, 0) is 84.6 Å². The van der Waals surface area contributed by atoms with E-state index in [-0.39, 0.29) is 70.5 Å². The summed E-state index contributed by atoms with van der Waals surface area (Å²) in [4.78, 5) is 24.6. The number of fused-ring (bicyclic) bond motifs is 3. The number of aliphatic hydroxyl groups is 2. The molecule has 0 spiro atoms. The maximum atomic E-state index is 14.9. The van der Waals surface area contributed by atoms with E-state index in [1.807, 2.05) is 60.7 Å². The average Bonchev–Trinajstić information content (AvgIpc) is 4.02. The summed E-state index contributed by atoms with van der Waals surface area (Å²) in [6.07, 6.45) is 8.34. The van der Waals surface area contributed by atoms with Gasteiger partial charge in [-0.15, -0.1) is 6.58 Å². The van der Waals surface area contributed by atoms with Gasteiger partial charge in [0, 0.05) is 57.3 Å². The Labute approximate surface area is 376 Å². The van der Waals surface area contributed by atoms with E-state index in [1.54, 1.807) is 11.0 Å². The summed E-state index contributed by atoms with van der Waals surface area (Å²) in [5.74, 6) is 0.662. The molecule has 6 atom stereocenters. The van der Waals surface area contributed by atoms with Gasteiger partial charge in [0.05, 0.1) is 31.5 Å². The van der Waals surface area contributed by atoms with Crippen LogP contribution >= 0.6 is 0 Å². The fraction of sp³-hybridized carbons (Fsp3) is 0.520. The number of unbranched alkanes of at least 4 members (excludes halogenated alkanes) is 2. The fourth-order valence-corrected chi connectivity index (χ4v) is 10.0. The van der Waals surface area contributed by atoms with E-state index < -0.39 is 23.8 Å². The number of hydrogen-bond acceptors (Lipinski definition) is 13. The Morgan fingerprint density at radius 1 is 0.938 bits per heavy atom. The Hall–Kier alpha value is -5.12. The number of ether oxygens (including phenoxy) is 7. The minimum Gasteiger partial charge on any atom is -0.492 e. The monoisotopic (exact) mass is 881 g/mol. The molecule has 1 saturated heterocycles. The summed E-state index contributed by atoms with van der Waals surface area (Å²) in [6, 6.07) is 20.8. The number of allylic oxidation sites excluding steroid dienone is 1. The lowest BCUT2D eigenvalue weighted by atomic mass is 9.55. The molecule has 5 aliphatic rings. The molecule has 0 aromatic heterocycles. The zero-order chi connectivity index (χ0) is 44.3. The second kappa shape index (κ2) is 21.7. The number of carbonyl (C=O) groups excluding carboxylic acids is 1. The van der Waals surface area contributed by atoms with Crippen molar-refractivity contribution in [3.63, 3.8) is 0 Å². The predicted octanol–water partition coefficient (Wildman–Crippen LogP) is 7.23. The van der Waals surface area contributed by atoms with E-state index in [0.717, 1.165) is 73.3 Å². The Morgan fingerprint density at radius 3 is 2.52 bits per heavy atom. The van der Waals surface area contributed by atoms with Crippen LogP contribution in [-0.2, 0) is 32.2 Å². The van der Waals surface area contributed by atoms with Crippen molar-refractivity contribution in [3.8, 4) is 23.0 Å². The largest absolute Gasteiger partial charge is 0.492 e. The van der Waals surface area contributed by atoms with Crippen LogP contribution in [0.3, 0.4) is 0 Å². The lowest BCUT2D eigenvalue weighted by molar-refractivity contribution is -0.256. The molecule has 0 radical (unpaired) electrons. The van der Waals surface area contributed by atoms with Gasteiger partial charge < -0.3 is 48.2 Å². The number of rotatable bonds is 24. The van der Waals surface area contributed by atoms with E-state index in [4.69, 9.17) is 43.2 Å². The van der Waals surface area contributed by atoms with Gasteiger partial charge in [0.25, 0.3) is 0 Å². The second-order valence-electron chi connectivity index (χ2n) is 17.1. The third kappa shape index (κ3) is 10.4. The van der Waals surface area contributed by atoms with Gasteiger partial charge in [-0.25, -0.2) is 4.79 Å². The van der Waals surface area contributed by atoms with Crippen molar-refractivity contribution in [1.82, 2.24) is 9.80 Å². The summed E-state index contributed by atoms with van der Waals surface area (Å²) in [6.45, 7) is 8.82. The third-order valence-corrected chi connectivity index (χ3v) is 13.0. The molecular weight excluding hydrogens is 819 g/mol. The molecule has 1 saturated carbocycles. The molecule has 3 aliphatic heterocycles. The maximum Gasteiger partial charge on any atom is 0.410 e. The predicted molar refractivity (Wildman–Crippen MR) is 239 cm³/mol. The third-order valence-electron chi connectivity index (χ3n) is 13.0. The van der Waals surface area contributed by atoms with Gasteiger partial charge in [0.15, 0.2) is 11.5 Å². The van der Waals surface area contributed by atoms with Crippen molar-refractivity contribution < 1.29 is 53.0 Å². The van der Waals surface area contributed by atoms with Crippen molar-refractivity contribution in [3.05, 3.63) is 108 Å². The summed E-state index contributed by atoms with van der Waals surface area (Å²) in [5, 5.41) is 24.6. The number of amides is 1. The quantitative estimate of drug-likeness (QED) is 0.0405. The van der Waals surface area contributed by atoms with Crippen LogP contribution in [0.4, 0.5) is 4.79 Å². The molecule has 2 N–H and O–H groups in total. The van der Waals surface area contributed by atoms with Crippen LogP contribution in [0.2, 0.25) is 0 Å². The molecule has 2 fully saturated rings. The molecule has 14 heteroatoms. The lowest BCUT2D eigenvalue weighted by Gasteiger charge is -2.59. The Balaban J connectivity index is 1.23. The molecule has 64 heavy (non-hydrogen) atoms. The average molecular weight is 882 g/mol. The highest BCUT2D eigenvalue weighted by Crippen LogP contribution is 2.62. The highest BCUT2D eigenvalue weighted by Gasteiger charge is 2.65. The minimum absolute atomic E-state index is 0.0133. The van der Waals surface area contributed by atoms with Gasteiger partial charge in [0.1, 0.15) is 37.9 Å². The van der Waals surface area contributed by atoms with E-state index in [1.165, 1.54) is 7.11 Å². The summed E-state index contributed by atoms with van der Waals surface area (Å²) >= 11 is 0. The van der Waals surface area contributed by atoms with E-state index in [0.29, 0.717) is 49.0 Å². The standard InChI is InChI=1S/C50H63N3O11/c1-3-24-63-50-46(53(32-36-15-17-44-45(28-36)62-34-61-44)49(56)60-27-26-58-33-35-11-5-4-6-12-35)31-42(51-57-2)40-29-37(13-7-9-22-54)39(14-8-10-23-55)47(48(40)50)41-30-38(16-18-43(41)64-50)59-25-21-52-19-20-52/h3-6,11-12,15-18,28-30,37,39,46-48,54-55H,1,7-10,13-14,19-27,31-34H2,2H3. The Morgan fingerprint density at radius 2 is 1.73 bits per heavy atom. The molecule has 3 aromatic rings. The van der Waals surface area contributed by atoms with Crippen LogP contribution in [0.1, 0.15) is 67.6 Å². The highest BCUT2D eigenvalue weighted by atomic mass is 16.7. The summed E-state index contributed by atoms with van der Waals surface area (Å²) in [5.41, 5.74) is 4.44. The molecule has 344 valence electrons. The zero-order valence-corrected chi connectivity index (χ0v) is 36.9. The number of benzene rings is 3. The van der Waals surface area contributed by atoms with Crippen LogP contribution in [0, 0.1) is 17.8 Å². The van der Waals surface area contributed by atoms with Crippen molar-refractivity contribution in [2.24, 2.45) is 22.9 Å². The van der Waals surface area contributed by atoms with E-state index in [9.17, 15) is 15.0 Å². The molecule has 2 aliphatic carbocycles. The van der Waals surface area contributed by atoms with Crippen LogP contribution in [0.15, 0.2) is 96.2 Å². The zero-order valence-electron chi connectivity index (χ0n) is 36.9. The van der Waals surface area contributed by atoms with E-state index in [2.05, 4.69) is 23.6 Å². The highest BCUT2D eigenvalue weighted by molar-refractivity contribution is 6.03. The van der Waals surface area contributed by atoms with Crippen LogP contribution in [-0.4, -0.2) is 117 Å². The van der Waals surface area contributed by atoms with Crippen molar-refractivity contribution in [2.45, 2.75) is 75.8 Å². The van der Waals surface area contributed by atoms with Crippen LogP contribution in [0.5, 0.6) is 23.0 Å². The van der Waals surface area contributed by atoms with Gasteiger partial charge in [-0.3, -0.25) is 9.80 Å². The van der Waals surface area contributed by atoms with Crippen molar-refractivity contribution >= 4 is 11.8 Å². The summed E-state index contributed by atoms with van der Waals surface area (Å²) in [7, 11) is 1.54. The second-order valence-corrected chi connectivity index (χ2v) is 17.1. The first-order chi connectivity index (χ1) is 31.5. The molecule has 8 rings (SSSR count). The molecule has 3 aromatic carbocycles. The minimum atomic E-state index is -1.46. The molecular formula is C50H63N3O11. The number of oxime groups is 1. The van der Waals surface area contributed by atoms with Crippen LogP contribution in [0.25, 0.3) is 0 Å². The molecule has 1 amide bonds. The van der Waals surface area contributed by atoms with Gasteiger partial charge in [-0.2, -0.15) is 0 Å². The molecule has 14 nitrogen and oxygen atoms in total. The first-order valence-electron chi connectivity index (χ1n) is 22.9.